The van der Waals surface area contributed by atoms with Crippen LogP contribution in [0, 0.1) is 5.92 Å². The first-order chi connectivity index (χ1) is 13.7. The van der Waals surface area contributed by atoms with Crippen LogP contribution in [-0.2, 0) is 6.18 Å². The zero-order valence-electron chi connectivity index (χ0n) is 16.6. The molecular formula is C22H26F3N3S. The molecule has 0 radical (unpaired) electrons. The van der Waals surface area contributed by atoms with Gasteiger partial charge in [0.15, 0.2) is 5.11 Å². The highest BCUT2D eigenvalue weighted by atomic mass is 32.1. The van der Waals surface area contributed by atoms with E-state index in [0.717, 1.165) is 36.7 Å². The molecule has 7 heteroatoms. The number of nitrogens with one attached hydrogen (secondary N) is 2. The Morgan fingerprint density at radius 1 is 1.03 bits per heavy atom. The highest BCUT2D eigenvalue weighted by molar-refractivity contribution is 7.80. The van der Waals surface area contributed by atoms with Gasteiger partial charge in [0, 0.05) is 24.5 Å². The Labute approximate surface area is 175 Å². The van der Waals surface area contributed by atoms with E-state index < -0.39 is 11.7 Å². The van der Waals surface area contributed by atoms with E-state index in [9.17, 15) is 13.2 Å². The monoisotopic (exact) mass is 421 g/mol. The van der Waals surface area contributed by atoms with Crippen LogP contribution in [0.4, 0.5) is 24.5 Å². The second kappa shape index (κ2) is 9.03. The molecule has 1 fully saturated rings. The quantitative estimate of drug-likeness (QED) is 0.593. The van der Waals surface area contributed by atoms with E-state index in [2.05, 4.69) is 46.7 Å². The molecule has 0 amide bonds. The van der Waals surface area contributed by atoms with Crippen LogP contribution >= 0.6 is 12.2 Å². The summed E-state index contributed by atoms with van der Waals surface area (Å²) < 4.78 is 37.9. The van der Waals surface area contributed by atoms with E-state index >= 15 is 0 Å². The lowest BCUT2D eigenvalue weighted by Gasteiger charge is -2.32. The molecule has 156 valence electrons. The average molecular weight is 422 g/mol. The van der Waals surface area contributed by atoms with Gasteiger partial charge in [-0.3, -0.25) is 0 Å². The number of halogens is 3. The lowest BCUT2D eigenvalue weighted by molar-refractivity contribution is -0.137. The fourth-order valence-electron chi connectivity index (χ4n) is 3.43. The Morgan fingerprint density at radius 2 is 1.62 bits per heavy atom. The Hall–Kier alpha value is -2.28. The average Bonchev–Trinajstić information content (AvgIpc) is 2.68. The van der Waals surface area contributed by atoms with Gasteiger partial charge in [0.25, 0.3) is 0 Å². The summed E-state index contributed by atoms with van der Waals surface area (Å²) in [6, 6.07) is 13.2. The molecule has 0 bridgehead atoms. The minimum atomic E-state index is -4.34. The molecule has 0 aromatic heterocycles. The first kappa shape index (κ1) is 21.4. The van der Waals surface area contributed by atoms with E-state index in [1.807, 2.05) is 6.92 Å². The Kier molecular flexibility index (Phi) is 6.67. The SMILES string of the molecule is CC1CCN(c2ccc([C@@H](C)NC(=S)Nc3ccc(C(F)(F)F)cc3)cc2)CC1. The molecule has 0 aliphatic carbocycles. The van der Waals surface area contributed by atoms with Crippen molar-refractivity contribution in [3.8, 4) is 0 Å². The summed E-state index contributed by atoms with van der Waals surface area (Å²) in [4.78, 5) is 2.42. The van der Waals surface area contributed by atoms with E-state index in [1.165, 1.54) is 30.7 Å². The number of thiocarbonyl (C=S) groups is 1. The number of nitrogens with zero attached hydrogens (tertiary/aromatic N) is 1. The predicted molar refractivity (Wildman–Crippen MR) is 116 cm³/mol. The minimum absolute atomic E-state index is 0.0279. The van der Waals surface area contributed by atoms with Gasteiger partial charge in [-0.05, 0) is 79.9 Å². The third kappa shape index (κ3) is 5.85. The van der Waals surface area contributed by atoms with Crippen LogP contribution in [0.2, 0.25) is 0 Å². The van der Waals surface area contributed by atoms with Crippen LogP contribution in [0.25, 0.3) is 0 Å². The molecule has 0 spiro atoms. The van der Waals surface area contributed by atoms with E-state index in [0.29, 0.717) is 10.8 Å². The summed E-state index contributed by atoms with van der Waals surface area (Å²) in [6.07, 6.45) is -1.89. The van der Waals surface area contributed by atoms with Crippen molar-refractivity contribution in [3.05, 3.63) is 59.7 Å². The smallest absolute Gasteiger partial charge is 0.372 e. The first-order valence-electron chi connectivity index (χ1n) is 9.82. The van der Waals surface area contributed by atoms with Crippen molar-refractivity contribution in [2.45, 2.75) is 38.9 Å². The highest BCUT2D eigenvalue weighted by Gasteiger charge is 2.30. The predicted octanol–water partition coefficient (Wildman–Crippen LogP) is 5.99. The van der Waals surface area contributed by atoms with Gasteiger partial charge in [-0.25, -0.2) is 0 Å². The number of anilines is 2. The zero-order chi connectivity index (χ0) is 21.0. The maximum absolute atomic E-state index is 12.6. The summed E-state index contributed by atoms with van der Waals surface area (Å²) in [6.45, 7) is 6.48. The van der Waals surface area contributed by atoms with Crippen LogP contribution in [0.3, 0.4) is 0 Å². The lowest BCUT2D eigenvalue weighted by atomic mass is 9.98. The molecule has 0 unspecified atom stereocenters. The Morgan fingerprint density at radius 3 is 2.17 bits per heavy atom. The molecule has 2 aromatic carbocycles. The number of alkyl halides is 3. The maximum atomic E-state index is 12.6. The van der Waals surface area contributed by atoms with Gasteiger partial charge in [0.1, 0.15) is 0 Å². The molecule has 1 heterocycles. The van der Waals surface area contributed by atoms with Gasteiger partial charge in [0.2, 0.25) is 0 Å². The number of rotatable bonds is 4. The fraction of sp³-hybridized carbons (Fsp3) is 0.409. The summed E-state index contributed by atoms with van der Waals surface area (Å²) in [5.74, 6) is 0.799. The molecule has 3 nitrogen and oxygen atoms in total. The second-order valence-corrected chi connectivity index (χ2v) is 8.06. The number of hydrogen-bond donors (Lipinski definition) is 2. The first-order valence-corrected chi connectivity index (χ1v) is 10.2. The highest BCUT2D eigenvalue weighted by Crippen LogP contribution is 2.30. The molecule has 3 rings (SSSR count). The largest absolute Gasteiger partial charge is 0.416 e. The van der Waals surface area contributed by atoms with Gasteiger partial charge in [-0.15, -0.1) is 0 Å². The van der Waals surface area contributed by atoms with E-state index in [4.69, 9.17) is 12.2 Å². The topological polar surface area (TPSA) is 27.3 Å². The van der Waals surface area contributed by atoms with Gasteiger partial charge in [-0.2, -0.15) is 13.2 Å². The number of hydrogen-bond acceptors (Lipinski definition) is 2. The van der Waals surface area contributed by atoms with Crippen LogP contribution in [0.1, 0.15) is 43.9 Å². The van der Waals surface area contributed by atoms with E-state index in [-0.39, 0.29) is 6.04 Å². The summed E-state index contributed by atoms with van der Waals surface area (Å²) >= 11 is 5.31. The normalized spacial score (nSPS) is 16.4. The van der Waals surface area contributed by atoms with Crippen molar-refractivity contribution in [1.82, 2.24) is 5.32 Å². The summed E-state index contributed by atoms with van der Waals surface area (Å²) in [5, 5.41) is 6.48. The maximum Gasteiger partial charge on any atom is 0.416 e. The van der Waals surface area contributed by atoms with Gasteiger partial charge in [0.05, 0.1) is 11.6 Å². The molecule has 1 aliphatic heterocycles. The Balaban J connectivity index is 1.54. The standard InChI is InChI=1S/C22H26F3N3S/c1-15-11-13-28(14-12-15)20-9-3-17(4-10-20)16(2)26-21(29)27-19-7-5-18(6-8-19)22(23,24)25/h3-10,15-16H,11-14H2,1-2H3,(H2,26,27,29)/t16-/m1/s1. The lowest BCUT2D eigenvalue weighted by Crippen LogP contribution is -2.33. The molecule has 0 saturated carbocycles. The molecule has 1 atom stereocenters. The second-order valence-electron chi connectivity index (χ2n) is 7.66. The van der Waals surface area contributed by atoms with Crippen molar-refractivity contribution in [3.63, 3.8) is 0 Å². The van der Waals surface area contributed by atoms with Gasteiger partial charge in [-0.1, -0.05) is 19.1 Å². The van der Waals surface area contributed by atoms with Crippen molar-refractivity contribution in [2.24, 2.45) is 5.92 Å². The third-order valence-corrected chi connectivity index (χ3v) is 5.58. The van der Waals surface area contributed by atoms with Crippen molar-refractivity contribution in [2.75, 3.05) is 23.3 Å². The van der Waals surface area contributed by atoms with Crippen LogP contribution in [0.15, 0.2) is 48.5 Å². The van der Waals surface area contributed by atoms with Gasteiger partial charge >= 0.3 is 6.18 Å². The van der Waals surface area contributed by atoms with Gasteiger partial charge < -0.3 is 15.5 Å². The van der Waals surface area contributed by atoms with Crippen LogP contribution < -0.4 is 15.5 Å². The molecule has 2 aromatic rings. The van der Waals surface area contributed by atoms with Crippen molar-refractivity contribution >= 4 is 28.7 Å². The fourth-order valence-corrected chi connectivity index (χ4v) is 3.72. The number of piperidine rings is 1. The molecule has 1 aliphatic rings. The van der Waals surface area contributed by atoms with Crippen molar-refractivity contribution in [1.29, 1.82) is 0 Å². The molecule has 1 saturated heterocycles. The minimum Gasteiger partial charge on any atom is -0.372 e. The van der Waals surface area contributed by atoms with Crippen LogP contribution in [-0.4, -0.2) is 18.2 Å². The zero-order valence-corrected chi connectivity index (χ0v) is 17.4. The molecule has 29 heavy (non-hydrogen) atoms. The Bertz CT molecular complexity index is 811. The molecular weight excluding hydrogens is 395 g/mol. The van der Waals surface area contributed by atoms with E-state index in [1.54, 1.807) is 0 Å². The van der Waals surface area contributed by atoms with Crippen molar-refractivity contribution < 1.29 is 13.2 Å². The summed E-state index contributed by atoms with van der Waals surface area (Å²) in [7, 11) is 0. The number of benzene rings is 2. The summed E-state index contributed by atoms with van der Waals surface area (Å²) in [5.41, 5.74) is 2.16. The molecule has 2 N–H and O–H groups in total. The van der Waals surface area contributed by atoms with Crippen LogP contribution in [0.5, 0.6) is 0 Å². The third-order valence-electron chi connectivity index (χ3n) is 5.36.